The summed E-state index contributed by atoms with van der Waals surface area (Å²) in [7, 11) is 1.59. The molecule has 1 aliphatic heterocycles. The summed E-state index contributed by atoms with van der Waals surface area (Å²) in [5.74, 6) is 0.996. The second-order valence-corrected chi connectivity index (χ2v) is 6.24. The third-order valence-electron chi connectivity index (χ3n) is 3.56. The highest BCUT2D eigenvalue weighted by Crippen LogP contribution is 2.33. The Kier molecular flexibility index (Phi) is 5.17. The van der Waals surface area contributed by atoms with Crippen molar-refractivity contribution in [1.29, 1.82) is 0 Å². The van der Waals surface area contributed by atoms with Crippen LogP contribution in [0, 0.1) is 0 Å². The molecule has 0 saturated carbocycles. The van der Waals surface area contributed by atoms with E-state index in [2.05, 4.69) is 0 Å². The molecule has 2 amide bonds. The van der Waals surface area contributed by atoms with Gasteiger partial charge in [-0.1, -0.05) is 30.3 Å². The highest BCUT2D eigenvalue weighted by molar-refractivity contribution is 8.18. The van der Waals surface area contributed by atoms with Crippen molar-refractivity contribution in [1.82, 2.24) is 4.90 Å². The lowest BCUT2D eigenvalue weighted by Gasteiger charge is -2.11. The summed E-state index contributed by atoms with van der Waals surface area (Å²) in [4.78, 5) is 25.9. The van der Waals surface area contributed by atoms with Gasteiger partial charge in [0.25, 0.3) is 11.1 Å². The number of nitrogens with zero attached hydrogens (tertiary/aromatic N) is 1. The number of imide groups is 1. The summed E-state index contributed by atoms with van der Waals surface area (Å²) >= 11 is 0.937. The standard InChI is InChI=1S/C18H17NO4S/c1-22-11-5-10-19-17(20)16(24-18(19)21)12-14-8-9-15(23-14)13-6-3-2-4-7-13/h2-4,6-9,12H,5,10-11H2,1H3/b16-12+. The summed E-state index contributed by atoms with van der Waals surface area (Å²) < 4.78 is 10.7. The van der Waals surface area contributed by atoms with Gasteiger partial charge in [-0.25, -0.2) is 0 Å². The van der Waals surface area contributed by atoms with E-state index < -0.39 is 0 Å². The maximum Gasteiger partial charge on any atom is 0.293 e. The second kappa shape index (κ2) is 7.51. The molecule has 3 rings (SSSR count). The van der Waals surface area contributed by atoms with Crippen LogP contribution in [0.15, 0.2) is 51.8 Å². The Balaban J connectivity index is 1.74. The first-order valence-electron chi connectivity index (χ1n) is 7.58. The molecule has 124 valence electrons. The van der Waals surface area contributed by atoms with Crippen molar-refractivity contribution < 1.29 is 18.7 Å². The van der Waals surface area contributed by atoms with E-state index >= 15 is 0 Å². The molecular formula is C18H17NO4S. The smallest absolute Gasteiger partial charge is 0.293 e. The van der Waals surface area contributed by atoms with Crippen molar-refractivity contribution in [3.05, 3.63) is 53.1 Å². The second-order valence-electron chi connectivity index (χ2n) is 5.25. The first-order valence-corrected chi connectivity index (χ1v) is 8.40. The zero-order chi connectivity index (χ0) is 16.9. The lowest BCUT2D eigenvalue weighted by atomic mass is 10.2. The van der Waals surface area contributed by atoms with Gasteiger partial charge in [0.2, 0.25) is 0 Å². The van der Waals surface area contributed by atoms with E-state index in [0.29, 0.717) is 30.2 Å². The minimum absolute atomic E-state index is 0.253. The summed E-state index contributed by atoms with van der Waals surface area (Å²) in [6, 6.07) is 13.3. The molecule has 1 aromatic carbocycles. The van der Waals surface area contributed by atoms with E-state index in [1.165, 1.54) is 4.90 Å². The highest BCUT2D eigenvalue weighted by atomic mass is 32.2. The quantitative estimate of drug-likeness (QED) is 0.586. The van der Waals surface area contributed by atoms with Crippen LogP contribution in [0.1, 0.15) is 12.2 Å². The molecule has 24 heavy (non-hydrogen) atoms. The van der Waals surface area contributed by atoms with Crippen LogP contribution in [0.4, 0.5) is 4.79 Å². The number of carbonyl (C=O) groups excluding carboxylic acids is 2. The van der Waals surface area contributed by atoms with Gasteiger partial charge in [-0.3, -0.25) is 14.5 Å². The molecule has 0 radical (unpaired) electrons. The molecule has 0 aliphatic carbocycles. The molecule has 0 bridgehead atoms. The Labute approximate surface area is 144 Å². The van der Waals surface area contributed by atoms with E-state index in [-0.39, 0.29) is 11.1 Å². The fourth-order valence-electron chi connectivity index (χ4n) is 2.38. The van der Waals surface area contributed by atoms with Crippen LogP contribution >= 0.6 is 11.8 Å². The Hall–Kier alpha value is -2.31. The number of methoxy groups -OCH3 is 1. The van der Waals surface area contributed by atoms with Crippen molar-refractivity contribution in [2.24, 2.45) is 0 Å². The fourth-order valence-corrected chi connectivity index (χ4v) is 3.22. The monoisotopic (exact) mass is 343 g/mol. The van der Waals surface area contributed by atoms with Gasteiger partial charge in [-0.2, -0.15) is 0 Å². The van der Waals surface area contributed by atoms with Gasteiger partial charge in [-0.15, -0.1) is 0 Å². The van der Waals surface area contributed by atoms with Crippen LogP contribution in [-0.4, -0.2) is 36.3 Å². The molecule has 0 unspecified atom stereocenters. The zero-order valence-corrected chi connectivity index (χ0v) is 14.0. The molecule has 2 heterocycles. The molecule has 5 nitrogen and oxygen atoms in total. The molecule has 1 fully saturated rings. The Bertz CT molecular complexity index is 766. The van der Waals surface area contributed by atoms with Gasteiger partial charge in [0.15, 0.2) is 0 Å². The average Bonchev–Trinajstić information content (AvgIpc) is 3.16. The number of amides is 2. The lowest BCUT2D eigenvalue weighted by Crippen LogP contribution is -2.29. The number of furan rings is 1. The van der Waals surface area contributed by atoms with Crippen LogP contribution in [0.2, 0.25) is 0 Å². The minimum Gasteiger partial charge on any atom is -0.457 e. The number of thioether (sulfide) groups is 1. The van der Waals surface area contributed by atoms with E-state index in [9.17, 15) is 9.59 Å². The number of benzene rings is 1. The number of carbonyl (C=O) groups is 2. The van der Waals surface area contributed by atoms with Gasteiger partial charge in [-0.05, 0) is 30.3 Å². The summed E-state index contributed by atoms with van der Waals surface area (Å²) in [6.45, 7) is 0.878. The SMILES string of the molecule is COCCCN1C(=O)S/C(=C/c2ccc(-c3ccccc3)o2)C1=O. The molecule has 6 heteroatoms. The molecule has 1 saturated heterocycles. The number of hydrogen-bond donors (Lipinski definition) is 0. The molecule has 0 spiro atoms. The summed E-state index contributed by atoms with van der Waals surface area (Å²) in [6.07, 6.45) is 2.24. The van der Waals surface area contributed by atoms with E-state index in [4.69, 9.17) is 9.15 Å². The number of hydrogen-bond acceptors (Lipinski definition) is 5. The Morgan fingerprint density at radius 3 is 2.71 bits per heavy atom. The predicted molar refractivity (Wildman–Crippen MR) is 93.3 cm³/mol. The maximum absolute atomic E-state index is 12.3. The van der Waals surface area contributed by atoms with Crippen LogP contribution < -0.4 is 0 Å². The van der Waals surface area contributed by atoms with Crippen LogP contribution in [-0.2, 0) is 9.53 Å². The van der Waals surface area contributed by atoms with Crippen LogP contribution in [0.3, 0.4) is 0 Å². The third kappa shape index (κ3) is 3.60. The zero-order valence-electron chi connectivity index (χ0n) is 13.2. The Morgan fingerprint density at radius 2 is 1.96 bits per heavy atom. The third-order valence-corrected chi connectivity index (χ3v) is 4.47. The van der Waals surface area contributed by atoms with Crippen LogP contribution in [0.25, 0.3) is 17.4 Å². The van der Waals surface area contributed by atoms with Gasteiger partial charge < -0.3 is 9.15 Å². The molecule has 2 aromatic rings. The van der Waals surface area contributed by atoms with Crippen molar-refractivity contribution in [2.45, 2.75) is 6.42 Å². The van der Waals surface area contributed by atoms with Crippen LogP contribution in [0.5, 0.6) is 0 Å². The number of ether oxygens (including phenoxy) is 1. The molecular weight excluding hydrogens is 326 g/mol. The Morgan fingerprint density at radius 1 is 1.17 bits per heavy atom. The topological polar surface area (TPSA) is 59.8 Å². The average molecular weight is 343 g/mol. The fraction of sp³-hybridized carbons (Fsp3) is 0.222. The van der Waals surface area contributed by atoms with Gasteiger partial charge in [0.1, 0.15) is 11.5 Å². The first-order chi connectivity index (χ1) is 11.7. The van der Waals surface area contributed by atoms with Crippen molar-refractivity contribution in [2.75, 3.05) is 20.3 Å². The minimum atomic E-state index is -0.279. The molecule has 1 aromatic heterocycles. The highest BCUT2D eigenvalue weighted by Gasteiger charge is 2.34. The van der Waals surface area contributed by atoms with E-state index in [0.717, 1.165) is 23.1 Å². The first kappa shape index (κ1) is 16.5. The van der Waals surface area contributed by atoms with Crippen molar-refractivity contribution >= 4 is 29.0 Å². The normalized spacial score (nSPS) is 16.4. The lowest BCUT2D eigenvalue weighted by molar-refractivity contribution is -0.122. The molecule has 0 N–H and O–H groups in total. The van der Waals surface area contributed by atoms with E-state index in [1.807, 2.05) is 36.4 Å². The van der Waals surface area contributed by atoms with Crippen molar-refractivity contribution in [3.8, 4) is 11.3 Å². The van der Waals surface area contributed by atoms with Gasteiger partial charge >= 0.3 is 0 Å². The molecule has 1 aliphatic rings. The summed E-state index contributed by atoms with van der Waals surface area (Å²) in [5, 5.41) is -0.253. The maximum atomic E-state index is 12.3. The largest absolute Gasteiger partial charge is 0.457 e. The van der Waals surface area contributed by atoms with Gasteiger partial charge in [0.05, 0.1) is 4.91 Å². The van der Waals surface area contributed by atoms with Crippen molar-refractivity contribution in [3.63, 3.8) is 0 Å². The summed E-state index contributed by atoms with van der Waals surface area (Å²) in [5.41, 5.74) is 0.963. The predicted octanol–water partition coefficient (Wildman–Crippen LogP) is 4.02. The molecule has 0 atom stereocenters. The van der Waals surface area contributed by atoms with E-state index in [1.54, 1.807) is 19.3 Å². The number of rotatable bonds is 6. The van der Waals surface area contributed by atoms with Gasteiger partial charge in [0, 0.05) is 31.9 Å².